The lowest BCUT2D eigenvalue weighted by molar-refractivity contribution is 0.1000. The van der Waals surface area contributed by atoms with Crippen molar-refractivity contribution in [2.45, 2.75) is 33.2 Å². The maximum atomic E-state index is 12.3. The topological polar surface area (TPSA) is 86.7 Å². The highest BCUT2D eigenvalue weighted by Gasteiger charge is 2.24. The normalized spacial score (nSPS) is 10.8. The number of ether oxygens (including phenoxy) is 2. The third-order valence-corrected chi connectivity index (χ3v) is 5.42. The largest absolute Gasteiger partial charge is 0.508 e. The van der Waals surface area contributed by atoms with Gasteiger partial charge in [-0.2, -0.15) is 0 Å². The second-order valence-electron chi connectivity index (χ2n) is 7.14. The summed E-state index contributed by atoms with van der Waals surface area (Å²) in [5, 5.41) is 9.94. The van der Waals surface area contributed by atoms with E-state index in [4.69, 9.17) is 15.2 Å². The molecule has 30 heavy (non-hydrogen) atoms. The predicted molar refractivity (Wildman–Crippen MR) is 117 cm³/mol. The van der Waals surface area contributed by atoms with Crippen LogP contribution in [-0.2, 0) is 19.4 Å². The lowest BCUT2D eigenvalue weighted by atomic mass is 9.98. The van der Waals surface area contributed by atoms with Crippen molar-refractivity contribution in [3.8, 4) is 28.4 Å². The van der Waals surface area contributed by atoms with Crippen molar-refractivity contribution in [3.05, 3.63) is 65.0 Å². The zero-order valence-electron chi connectivity index (χ0n) is 17.9. The fourth-order valence-electron chi connectivity index (χ4n) is 4.02. The Hall–Kier alpha value is -3.41. The van der Waals surface area contributed by atoms with Crippen LogP contribution in [0.3, 0.4) is 0 Å². The van der Waals surface area contributed by atoms with Crippen LogP contribution in [0.2, 0.25) is 0 Å². The number of carbonyl (C=O) groups is 1. The summed E-state index contributed by atoms with van der Waals surface area (Å²) in [5.41, 5.74) is 10.8. The smallest absolute Gasteiger partial charge is 0.251 e. The van der Waals surface area contributed by atoms with Crippen LogP contribution in [0.15, 0.2) is 42.5 Å². The highest BCUT2D eigenvalue weighted by molar-refractivity contribution is 6.02. The number of primary amides is 1. The van der Waals surface area contributed by atoms with Crippen molar-refractivity contribution in [1.29, 1.82) is 0 Å². The fourth-order valence-corrected chi connectivity index (χ4v) is 4.02. The molecule has 0 aliphatic rings. The van der Waals surface area contributed by atoms with Crippen molar-refractivity contribution >= 4 is 5.91 Å². The van der Waals surface area contributed by atoms with Crippen LogP contribution in [0, 0.1) is 6.92 Å². The Morgan fingerprint density at radius 1 is 1.10 bits per heavy atom. The third-order valence-electron chi connectivity index (χ3n) is 5.42. The van der Waals surface area contributed by atoms with Gasteiger partial charge in [0, 0.05) is 23.5 Å². The molecule has 2 aromatic carbocycles. The standard InChI is InChI=1S/C24H28N2O4/c1-5-19-23(17-7-6-8-18(27)14-17)22(24(25)28)15(2)26(19)12-11-16-9-10-20(29-3)21(13-16)30-4/h6-10,13-14,27H,5,11-12H2,1-4H3,(H2,25,28). The van der Waals surface area contributed by atoms with Crippen LogP contribution in [0.5, 0.6) is 17.2 Å². The summed E-state index contributed by atoms with van der Waals surface area (Å²) in [7, 11) is 3.23. The van der Waals surface area contributed by atoms with Crippen molar-refractivity contribution in [2.24, 2.45) is 5.73 Å². The van der Waals surface area contributed by atoms with Crippen molar-refractivity contribution in [2.75, 3.05) is 14.2 Å². The number of aromatic nitrogens is 1. The van der Waals surface area contributed by atoms with Gasteiger partial charge in [0.25, 0.3) is 5.91 Å². The number of benzene rings is 2. The second kappa shape index (κ2) is 8.95. The molecule has 158 valence electrons. The first-order chi connectivity index (χ1) is 14.4. The number of nitrogens with zero attached hydrogens (tertiary/aromatic N) is 1. The first-order valence-electron chi connectivity index (χ1n) is 9.93. The van der Waals surface area contributed by atoms with Gasteiger partial charge in [0.15, 0.2) is 11.5 Å². The Morgan fingerprint density at radius 2 is 1.83 bits per heavy atom. The average Bonchev–Trinajstić information content (AvgIpc) is 3.03. The molecule has 0 fully saturated rings. The van der Waals surface area contributed by atoms with Crippen molar-refractivity contribution in [3.63, 3.8) is 0 Å². The molecule has 3 aromatic rings. The molecule has 3 rings (SSSR count). The third kappa shape index (κ3) is 3.99. The fraction of sp³-hybridized carbons (Fsp3) is 0.292. The summed E-state index contributed by atoms with van der Waals surface area (Å²) in [4.78, 5) is 12.3. The molecule has 0 radical (unpaired) electrons. The molecule has 1 heterocycles. The van der Waals surface area contributed by atoms with E-state index in [1.807, 2.05) is 31.2 Å². The van der Waals surface area contributed by atoms with Gasteiger partial charge >= 0.3 is 0 Å². The minimum Gasteiger partial charge on any atom is -0.508 e. The Kier molecular flexibility index (Phi) is 6.35. The molecule has 1 aromatic heterocycles. The van der Waals surface area contributed by atoms with Crippen LogP contribution in [-0.4, -0.2) is 29.8 Å². The molecule has 0 atom stereocenters. The molecule has 0 spiro atoms. The molecule has 6 heteroatoms. The van der Waals surface area contributed by atoms with Gasteiger partial charge in [-0.05, 0) is 55.2 Å². The molecule has 0 aliphatic carbocycles. The molecule has 3 N–H and O–H groups in total. The van der Waals surface area contributed by atoms with Gasteiger partial charge in [-0.25, -0.2) is 0 Å². The van der Waals surface area contributed by atoms with Crippen LogP contribution in [0.4, 0.5) is 0 Å². The Bertz CT molecular complexity index is 1070. The molecule has 0 unspecified atom stereocenters. The van der Waals surface area contributed by atoms with Crippen LogP contribution in [0.1, 0.15) is 34.2 Å². The van der Waals surface area contributed by atoms with E-state index in [0.717, 1.165) is 40.9 Å². The molecular weight excluding hydrogens is 380 g/mol. The number of aromatic hydroxyl groups is 1. The van der Waals surface area contributed by atoms with E-state index in [9.17, 15) is 9.90 Å². The van der Waals surface area contributed by atoms with Crippen LogP contribution >= 0.6 is 0 Å². The van der Waals surface area contributed by atoms with Gasteiger partial charge in [-0.15, -0.1) is 0 Å². The molecule has 0 aliphatic heterocycles. The first kappa shape index (κ1) is 21.3. The molecule has 1 amide bonds. The van der Waals surface area contributed by atoms with E-state index in [1.165, 1.54) is 0 Å². The monoisotopic (exact) mass is 408 g/mol. The molecule has 0 bridgehead atoms. The summed E-state index contributed by atoms with van der Waals surface area (Å²) in [5.74, 6) is 1.06. The summed E-state index contributed by atoms with van der Waals surface area (Å²) in [6, 6.07) is 12.8. The van der Waals surface area contributed by atoms with E-state index in [2.05, 4.69) is 11.5 Å². The van der Waals surface area contributed by atoms with Gasteiger partial charge in [0.1, 0.15) is 5.75 Å². The summed E-state index contributed by atoms with van der Waals surface area (Å²) < 4.78 is 12.9. The van der Waals surface area contributed by atoms with Crippen LogP contribution in [0.25, 0.3) is 11.1 Å². The zero-order valence-corrected chi connectivity index (χ0v) is 17.9. The van der Waals surface area contributed by atoms with Crippen molar-refractivity contribution in [1.82, 2.24) is 4.57 Å². The van der Waals surface area contributed by atoms with Gasteiger partial charge in [-0.1, -0.05) is 25.1 Å². The second-order valence-corrected chi connectivity index (χ2v) is 7.14. The van der Waals surface area contributed by atoms with Crippen LogP contribution < -0.4 is 15.2 Å². The summed E-state index contributed by atoms with van der Waals surface area (Å²) >= 11 is 0. The number of amides is 1. The molecule has 0 saturated carbocycles. The number of hydrogen-bond donors (Lipinski definition) is 2. The number of phenolic OH excluding ortho intramolecular Hbond substituents is 1. The van der Waals surface area contributed by atoms with Crippen molar-refractivity contribution < 1.29 is 19.4 Å². The number of nitrogens with two attached hydrogens (primary N) is 1. The summed E-state index contributed by atoms with van der Waals surface area (Å²) in [6.45, 7) is 4.66. The van der Waals surface area contributed by atoms with E-state index >= 15 is 0 Å². The minimum atomic E-state index is -0.467. The lowest BCUT2D eigenvalue weighted by Gasteiger charge is -2.13. The number of phenols is 1. The SMILES string of the molecule is CCc1c(-c2cccc(O)c2)c(C(N)=O)c(C)n1CCc1ccc(OC)c(OC)c1. The number of hydrogen-bond acceptors (Lipinski definition) is 4. The maximum absolute atomic E-state index is 12.3. The Morgan fingerprint density at radius 3 is 2.43 bits per heavy atom. The minimum absolute atomic E-state index is 0.153. The zero-order chi connectivity index (χ0) is 21.8. The Balaban J connectivity index is 2.03. The molecular formula is C24H28N2O4. The van der Waals surface area contributed by atoms with Gasteiger partial charge in [-0.3, -0.25) is 4.79 Å². The Labute approximate surface area is 176 Å². The quantitative estimate of drug-likeness (QED) is 0.588. The molecule has 0 saturated heterocycles. The van der Waals surface area contributed by atoms with Gasteiger partial charge in [0.2, 0.25) is 0 Å². The first-order valence-corrected chi connectivity index (χ1v) is 9.93. The number of methoxy groups -OCH3 is 2. The maximum Gasteiger partial charge on any atom is 0.251 e. The highest BCUT2D eigenvalue weighted by atomic mass is 16.5. The highest BCUT2D eigenvalue weighted by Crippen LogP contribution is 2.35. The average molecular weight is 408 g/mol. The van der Waals surface area contributed by atoms with Gasteiger partial charge < -0.3 is 24.9 Å². The predicted octanol–water partition coefficient (Wildman–Crippen LogP) is 4.09. The van der Waals surface area contributed by atoms with E-state index in [-0.39, 0.29) is 5.75 Å². The molecule has 6 nitrogen and oxygen atoms in total. The van der Waals surface area contributed by atoms with E-state index < -0.39 is 5.91 Å². The number of carbonyl (C=O) groups excluding carboxylic acids is 1. The lowest BCUT2D eigenvalue weighted by Crippen LogP contribution is -2.14. The summed E-state index contributed by atoms with van der Waals surface area (Å²) in [6.07, 6.45) is 1.48. The van der Waals surface area contributed by atoms with Gasteiger partial charge in [0.05, 0.1) is 19.8 Å². The number of rotatable bonds is 8. The van der Waals surface area contributed by atoms with E-state index in [0.29, 0.717) is 23.6 Å². The van der Waals surface area contributed by atoms with E-state index in [1.54, 1.807) is 32.4 Å². The number of aryl methyl sites for hydroxylation is 1.